The molecule has 1 saturated carbocycles. The van der Waals surface area contributed by atoms with Crippen LogP contribution in [0, 0.1) is 5.92 Å². The van der Waals surface area contributed by atoms with Gasteiger partial charge in [-0.15, -0.1) is 0 Å². The van der Waals surface area contributed by atoms with Gasteiger partial charge in [-0.1, -0.05) is 12.5 Å². The topological polar surface area (TPSA) is 42.5 Å². The Morgan fingerprint density at radius 3 is 2.68 bits per heavy atom. The molecule has 0 radical (unpaired) electrons. The van der Waals surface area contributed by atoms with E-state index >= 15 is 0 Å². The van der Waals surface area contributed by atoms with Gasteiger partial charge in [0.2, 0.25) is 0 Å². The van der Waals surface area contributed by atoms with Crippen LogP contribution in [0.4, 0.5) is 0 Å². The lowest BCUT2D eigenvalue weighted by Crippen LogP contribution is -2.41. The van der Waals surface area contributed by atoms with E-state index in [0.717, 1.165) is 30.0 Å². The van der Waals surface area contributed by atoms with Gasteiger partial charge >= 0.3 is 0 Å². The van der Waals surface area contributed by atoms with Crippen molar-refractivity contribution in [2.24, 2.45) is 5.92 Å². The molecule has 22 heavy (non-hydrogen) atoms. The molecule has 2 N–H and O–H groups in total. The number of nitrogens with one attached hydrogen (secondary N) is 2. The number of hydrogen-bond donors (Lipinski definition) is 2. The highest BCUT2D eigenvalue weighted by Crippen LogP contribution is 2.32. The number of hydrogen-bond acceptors (Lipinski definition) is 4. The second kappa shape index (κ2) is 7.34. The second-order valence-electron chi connectivity index (χ2n) is 6.47. The summed E-state index contributed by atoms with van der Waals surface area (Å²) >= 11 is 0. The monoisotopic (exact) mass is 304 g/mol. The molecular weight excluding hydrogens is 276 g/mol. The van der Waals surface area contributed by atoms with Gasteiger partial charge in [0, 0.05) is 18.6 Å². The van der Waals surface area contributed by atoms with Crippen LogP contribution >= 0.6 is 0 Å². The van der Waals surface area contributed by atoms with Crippen LogP contribution in [-0.4, -0.2) is 32.8 Å². The molecule has 1 aliphatic carbocycles. The van der Waals surface area contributed by atoms with E-state index in [-0.39, 0.29) is 0 Å². The lowest BCUT2D eigenvalue weighted by molar-refractivity contribution is 0.319. The highest BCUT2D eigenvalue weighted by Gasteiger charge is 2.34. The molecule has 4 nitrogen and oxygen atoms in total. The van der Waals surface area contributed by atoms with E-state index in [0.29, 0.717) is 6.04 Å². The molecule has 0 bridgehead atoms. The highest BCUT2D eigenvalue weighted by molar-refractivity contribution is 5.42. The van der Waals surface area contributed by atoms with Crippen LogP contribution in [0.3, 0.4) is 0 Å². The van der Waals surface area contributed by atoms with Gasteiger partial charge in [0.15, 0.2) is 11.5 Å². The minimum atomic E-state index is 0.642. The Hall–Kier alpha value is -1.26. The minimum absolute atomic E-state index is 0.642. The highest BCUT2D eigenvalue weighted by atomic mass is 16.5. The van der Waals surface area contributed by atoms with Crippen molar-refractivity contribution in [2.45, 2.75) is 50.7 Å². The summed E-state index contributed by atoms with van der Waals surface area (Å²) < 4.78 is 10.7. The molecule has 1 aliphatic heterocycles. The van der Waals surface area contributed by atoms with E-state index in [4.69, 9.17) is 9.47 Å². The van der Waals surface area contributed by atoms with Crippen molar-refractivity contribution in [3.8, 4) is 11.5 Å². The summed E-state index contributed by atoms with van der Waals surface area (Å²) in [5.41, 5.74) is 1.25. The average molecular weight is 304 g/mol. The Balaban J connectivity index is 1.59. The summed E-state index contributed by atoms with van der Waals surface area (Å²) in [4.78, 5) is 0. The van der Waals surface area contributed by atoms with Crippen LogP contribution in [0.2, 0.25) is 0 Å². The van der Waals surface area contributed by atoms with Crippen molar-refractivity contribution in [3.63, 3.8) is 0 Å². The van der Waals surface area contributed by atoms with E-state index in [1.165, 1.54) is 44.2 Å². The minimum Gasteiger partial charge on any atom is -0.493 e. The summed E-state index contributed by atoms with van der Waals surface area (Å²) in [5.74, 6) is 2.39. The zero-order valence-corrected chi connectivity index (χ0v) is 13.7. The summed E-state index contributed by atoms with van der Waals surface area (Å²) in [7, 11) is 3.36. The van der Waals surface area contributed by atoms with E-state index in [2.05, 4.69) is 22.8 Å². The van der Waals surface area contributed by atoms with Gasteiger partial charge in [-0.3, -0.25) is 0 Å². The number of rotatable bonds is 6. The molecule has 2 aliphatic rings. The number of ether oxygens (including phenoxy) is 2. The largest absolute Gasteiger partial charge is 0.493 e. The Morgan fingerprint density at radius 2 is 1.95 bits per heavy atom. The fourth-order valence-electron chi connectivity index (χ4n) is 4.04. The van der Waals surface area contributed by atoms with E-state index in [1.54, 1.807) is 14.2 Å². The molecule has 0 amide bonds. The maximum atomic E-state index is 5.39. The Labute approximate surface area is 133 Å². The maximum Gasteiger partial charge on any atom is 0.161 e. The zero-order chi connectivity index (χ0) is 15.4. The standard InChI is InChI=1S/C18H28N2O2/c1-21-17-9-8-13(11-18(17)22-2)12-20-16-6-3-5-14(16)15-7-4-10-19-15/h8-9,11,14-16,19-20H,3-7,10,12H2,1-2H3. The smallest absolute Gasteiger partial charge is 0.161 e. The first-order chi connectivity index (χ1) is 10.8. The molecule has 3 rings (SSSR count). The van der Waals surface area contributed by atoms with Crippen molar-refractivity contribution in [2.75, 3.05) is 20.8 Å². The average Bonchev–Trinajstić information content (AvgIpc) is 3.23. The van der Waals surface area contributed by atoms with Crippen LogP contribution in [-0.2, 0) is 6.54 Å². The van der Waals surface area contributed by atoms with Gasteiger partial charge in [0.05, 0.1) is 14.2 Å². The van der Waals surface area contributed by atoms with E-state index in [1.807, 2.05) is 6.07 Å². The third-order valence-electron chi connectivity index (χ3n) is 5.20. The predicted molar refractivity (Wildman–Crippen MR) is 88.5 cm³/mol. The Kier molecular flexibility index (Phi) is 5.21. The molecule has 0 aromatic heterocycles. The molecule has 122 valence electrons. The van der Waals surface area contributed by atoms with Crippen LogP contribution in [0.15, 0.2) is 18.2 Å². The Morgan fingerprint density at radius 1 is 1.09 bits per heavy atom. The first-order valence-electron chi connectivity index (χ1n) is 8.49. The van der Waals surface area contributed by atoms with Crippen molar-refractivity contribution >= 4 is 0 Å². The van der Waals surface area contributed by atoms with Gasteiger partial charge in [-0.25, -0.2) is 0 Å². The van der Waals surface area contributed by atoms with Gasteiger partial charge in [-0.2, -0.15) is 0 Å². The fraction of sp³-hybridized carbons (Fsp3) is 0.667. The quantitative estimate of drug-likeness (QED) is 0.848. The summed E-state index contributed by atoms with van der Waals surface area (Å²) in [5, 5.41) is 7.46. The third-order valence-corrected chi connectivity index (χ3v) is 5.20. The third kappa shape index (κ3) is 3.39. The second-order valence-corrected chi connectivity index (χ2v) is 6.47. The molecule has 3 unspecified atom stereocenters. The normalized spacial score (nSPS) is 28.0. The first kappa shape index (κ1) is 15.6. The number of methoxy groups -OCH3 is 2. The fourth-order valence-corrected chi connectivity index (χ4v) is 4.04. The van der Waals surface area contributed by atoms with E-state index in [9.17, 15) is 0 Å². The molecular formula is C18H28N2O2. The van der Waals surface area contributed by atoms with Crippen LogP contribution in [0.25, 0.3) is 0 Å². The van der Waals surface area contributed by atoms with Gasteiger partial charge in [0.25, 0.3) is 0 Å². The molecule has 2 fully saturated rings. The van der Waals surface area contributed by atoms with Gasteiger partial charge in [-0.05, 0) is 55.8 Å². The van der Waals surface area contributed by atoms with Crippen molar-refractivity contribution < 1.29 is 9.47 Å². The SMILES string of the molecule is COc1ccc(CNC2CCCC2C2CCCN2)cc1OC. The molecule has 3 atom stereocenters. The molecule has 1 aromatic rings. The van der Waals surface area contributed by atoms with Crippen molar-refractivity contribution in [3.05, 3.63) is 23.8 Å². The van der Waals surface area contributed by atoms with Crippen LogP contribution < -0.4 is 20.1 Å². The lowest BCUT2D eigenvalue weighted by atomic mass is 9.93. The van der Waals surface area contributed by atoms with Crippen LogP contribution in [0.5, 0.6) is 11.5 Å². The van der Waals surface area contributed by atoms with E-state index < -0.39 is 0 Å². The maximum absolute atomic E-state index is 5.39. The molecule has 1 heterocycles. The first-order valence-corrected chi connectivity index (χ1v) is 8.49. The van der Waals surface area contributed by atoms with Crippen molar-refractivity contribution in [1.82, 2.24) is 10.6 Å². The summed E-state index contributed by atoms with van der Waals surface area (Å²) in [6.07, 6.45) is 6.70. The predicted octanol–water partition coefficient (Wildman–Crippen LogP) is 2.71. The Bertz CT molecular complexity index is 486. The summed E-state index contributed by atoms with van der Waals surface area (Å²) in [6.45, 7) is 2.10. The molecule has 0 spiro atoms. The zero-order valence-electron chi connectivity index (χ0n) is 13.7. The molecule has 1 aromatic carbocycles. The number of benzene rings is 1. The lowest BCUT2D eigenvalue weighted by Gasteiger charge is -2.26. The van der Waals surface area contributed by atoms with Crippen LogP contribution in [0.1, 0.15) is 37.7 Å². The van der Waals surface area contributed by atoms with Gasteiger partial charge < -0.3 is 20.1 Å². The van der Waals surface area contributed by atoms with Gasteiger partial charge in [0.1, 0.15) is 0 Å². The molecule has 4 heteroatoms. The molecule has 1 saturated heterocycles. The summed E-state index contributed by atoms with van der Waals surface area (Å²) in [6, 6.07) is 7.55. The van der Waals surface area contributed by atoms with Crippen molar-refractivity contribution in [1.29, 1.82) is 0 Å².